The SMILES string of the molecule is Cc1cnc2c3c1oc1c([Si](C)(C)C)ccc(c13)C(C)(C)c1c-2ccc2ccccc12. The van der Waals surface area contributed by atoms with Crippen LogP contribution in [0, 0.1) is 6.92 Å². The lowest BCUT2D eigenvalue weighted by atomic mass is 9.74. The maximum absolute atomic E-state index is 6.69. The Balaban J connectivity index is 1.92. The summed E-state index contributed by atoms with van der Waals surface area (Å²) in [5.41, 5.74) is 7.97. The number of benzene rings is 3. The molecule has 0 amide bonds. The van der Waals surface area contributed by atoms with Gasteiger partial charge in [0.05, 0.1) is 19.2 Å². The fraction of sp³-hybridized carbons (Fsp3) is 0.250. The van der Waals surface area contributed by atoms with Gasteiger partial charge < -0.3 is 4.42 Å². The van der Waals surface area contributed by atoms with E-state index in [4.69, 9.17) is 9.40 Å². The molecule has 2 heterocycles. The molecule has 1 aliphatic rings. The van der Waals surface area contributed by atoms with E-state index in [1.165, 1.54) is 43.4 Å². The minimum Gasteiger partial charge on any atom is -0.456 e. The Hall–Kier alpha value is -2.91. The van der Waals surface area contributed by atoms with E-state index in [9.17, 15) is 0 Å². The third-order valence-electron chi connectivity index (χ3n) is 7.11. The van der Waals surface area contributed by atoms with E-state index in [-0.39, 0.29) is 5.41 Å². The molecule has 0 radical (unpaired) electrons. The molecule has 5 aromatic rings. The third kappa shape index (κ3) is 2.35. The Morgan fingerprint density at radius 1 is 0.871 bits per heavy atom. The highest BCUT2D eigenvalue weighted by atomic mass is 28.3. The Bertz CT molecular complexity index is 1550. The third-order valence-corrected chi connectivity index (χ3v) is 9.12. The van der Waals surface area contributed by atoms with Crippen molar-refractivity contribution in [1.82, 2.24) is 4.98 Å². The average Bonchev–Trinajstić information content (AvgIpc) is 3.09. The summed E-state index contributed by atoms with van der Waals surface area (Å²) in [4.78, 5) is 5.01. The maximum Gasteiger partial charge on any atom is 0.142 e. The lowest BCUT2D eigenvalue weighted by Gasteiger charge is -2.30. The van der Waals surface area contributed by atoms with Crippen LogP contribution in [0.5, 0.6) is 0 Å². The summed E-state index contributed by atoms with van der Waals surface area (Å²) in [7, 11) is -1.59. The van der Waals surface area contributed by atoms with Crippen LogP contribution in [-0.4, -0.2) is 13.1 Å². The first-order chi connectivity index (χ1) is 14.7. The van der Waals surface area contributed by atoms with Crippen molar-refractivity contribution in [1.29, 1.82) is 0 Å². The molecule has 0 unspecified atom stereocenters. The van der Waals surface area contributed by atoms with Crippen molar-refractivity contribution in [3.63, 3.8) is 0 Å². The Labute approximate surface area is 183 Å². The molecular weight excluding hydrogens is 394 g/mol. The first-order valence-electron chi connectivity index (χ1n) is 11.1. The van der Waals surface area contributed by atoms with E-state index in [0.717, 1.165) is 22.4 Å². The summed E-state index contributed by atoms with van der Waals surface area (Å²) >= 11 is 0. The molecule has 0 spiro atoms. The molecule has 0 fully saturated rings. The van der Waals surface area contributed by atoms with E-state index in [1.807, 2.05) is 6.20 Å². The summed E-state index contributed by atoms with van der Waals surface area (Å²) in [6.07, 6.45) is 1.98. The van der Waals surface area contributed by atoms with Gasteiger partial charge in [0.25, 0.3) is 0 Å². The highest BCUT2D eigenvalue weighted by Gasteiger charge is 2.37. The molecular formula is C28H27NOSi. The van der Waals surface area contributed by atoms with Gasteiger partial charge in [0, 0.05) is 28.1 Å². The second-order valence-electron chi connectivity index (χ2n) is 10.5. The van der Waals surface area contributed by atoms with Gasteiger partial charge in [-0.15, -0.1) is 0 Å². The first kappa shape index (κ1) is 18.8. The van der Waals surface area contributed by atoms with E-state index < -0.39 is 8.07 Å². The van der Waals surface area contributed by atoms with Crippen LogP contribution >= 0.6 is 0 Å². The number of nitrogens with zero attached hydrogens (tertiary/aromatic N) is 1. The van der Waals surface area contributed by atoms with Gasteiger partial charge in [-0.05, 0) is 34.0 Å². The van der Waals surface area contributed by atoms with E-state index >= 15 is 0 Å². The minimum atomic E-state index is -1.59. The Kier molecular flexibility index (Phi) is 3.56. The minimum absolute atomic E-state index is 0.183. The highest BCUT2D eigenvalue weighted by Crippen LogP contribution is 2.51. The van der Waals surface area contributed by atoms with Crippen LogP contribution in [0.4, 0.5) is 0 Å². The van der Waals surface area contributed by atoms with Crippen LogP contribution in [0.25, 0.3) is 44.0 Å². The van der Waals surface area contributed by atoms with Crippen LogP contribution in [0.15, 0.2) is 59.1 Å². The molecule has 1 aliphatic carbocycles. The average molecular weight is 422 g/mol. The van der Waals surface area contributed by atoms with Crippen LogP contribution in [0.1, 0.15) is 30.5 Å². The number of rotatable bonds is 1. The molecule has 0 atom stereocenters. The van der Waals surface area contributed by atoms with Gasteiger partial charge in [-0.1, -0.05) is 82.0 Å². The van der Waals surface area contributed by atoms with Crippen molar-refractivity contribution in [2.45, 2.75) is 45.8 Å². The van der Waals surface area contributed by atoms with Gasteiger partial charge in [-0.2, -0.15) is 0 Å². The number of aromatic nitrogens is 1. The van der Waals surface area contributed by atoms with Gasteiger partial charge in [0.1, 0.15) is 11.2 Å². The van der Waals surface area contributed by atoms with Gasteiger partial charge in [0.15, 0.2) is 0 Å². The molecule has 3 heteroatoms. The topological polar surface area (TPSA) is 26.0 Å². The molecule has 154 valence electrons. The lowest BCUT2D eigenvalue weighted by Crippen LogP contribution is -2.38. The van der Waals surface area contributed by atoms with E-state index in [0.29, 0.717) is 0 Å². The highest BCUT2D eigenvalue weighted by molar-refractivity contribution is 6.90. The van der Waals surface area contributed by atoms with Crippen LogP contribution in [0.2, 0.25) is 19.6 Å². The molecule has 0 bridgehead atoms. The number of hydrogen-bond donors (Lipinski definition) is 0. The van der Waals surface area contributed by atoms with Gasteiger partial charge in [0.2, 0.25) is 0 Å². The van der Waals surface area contributed by atoms with Gasteiger partial charge in [-0.25, -0.2) is 0 Å². The van der Waals surface area contributed by atoms with Gasteiger partial charge in [-0.3, -0.25) is 4.98 Å². The molecule has 0 N–H and O–H groups in total. The summed E-state index contributed by atoms with van der Waals surface area (Å²) in [5, 5.41) is 6.43. The number of pyridine rings is 1. The molecule has 0 saturated heterocycles. The molecule has 3 aromatic carbocycles. The largest absolute Gasteiger partial charge is 0.456 e. The molecule has 0 saturated carbocycles. The van der Waals surface area contributed by atoms with Crippen molar-refractivity contribution in [3.8, 4) is 11.3 Å². The van der Waals surface area contributed by atoms with E-state index in [2.05, 4.69) is 88.9 Å². The van der Waals surface area contributed by atoms with Gasteiger partial charge >= 0.3 is 0 Å². The first-order valence-corrected chi connectivity index (χ1v) is 14.6. The molecule has 31 heavy (non-hydrogen) atoms. The Morgan fingerprint density at radius 3 is 2.42 bits per heavy atom. The summed E-state index contributed by atoms with van der Waals surface area (Å²) in [6.45, 7) is 14.0. The maximum atomic E-state index is 6.69. The summed E-state index contributed by atoms with van der Waals surface area (Å²) in [5.74, 6) is 0. The number of aryl methyl sites for hydroxylation is 1. The molecule has 2 nitrogen and oxygen atoms in total. The fourth-order valence-electron chi connectivity index (χ4n) is 5.58. The monoisotopic (exact) mass is 421 g/mol. The lowest BCUT2D eigenvalue weighted by molar-refractivity contribution is 0.648. The van der Waals surface area contributed by atoms with Crippen LogP contribution in [0.3, 0.4) is 0 Å². The van der Waals surface area contributed by atoms with E-state index in [1.54, 1.807) is 0 Å². The Morgan fingerprint density at radius 2 is 1.65 bits per heavy atom. The van der Waals surface area contributed by atoms with Crippen molar-refractivity contribution < 1.29 is 4.42 Å². The molecule has 0 aliphatic heterocycles. The second-order valence-corrected chi connectivity index (χ2v) is 15.6. The van der Waals surface area contributed by atoms with Crippen LogP contribution in [-0.2, 0) is 5.41 Å². The van der Waals surface area contributed by atoms with Crippen LogP contribution < -0.4 is 5.19 Å². The molecule has 6 rings (SSSR count). The van der Waals surface area contributed by atoms with Crippen molar-refractivity contribution >= 4 is 46.0 Å². The predicted octanol–water partition coefficient (Wildman–Crippen LogP) is 7.29. The zero-order chi connectivity index (χ0) is 21.7. The second kappa shape index (κ2) is 5.86. The fourth-order valence-corrected chi connectivity index (χ4v) is 7.02. The summed E-state index contributed by atoms with van der Waals surface area (Å²) in [6, 6.07) is 17.9. The van der Waals surface area contributed by atoms with Crippen molar-refractivity contribution in [2.24, 2.45) is 0 Å². The normalized spacial score (nSPS) is 15.0. The number of furan rings is 1. The molecule has 2 aromatic heterocycles. The zero-order valence-electron chi connectivity index (χ0n) is 19.1. The standard InChI is InChI=1S/C28H27NOSi/c1-16-15-29-25-19-12-11-17-9-7-8-10-18(17)24(19)28(2,3)20-13-14-21(31(4,5)6)27-22(20)23(25)26(16)30-27/h7-15H,1-6H3. The smallest absolute Gasteiger partial charge is 0.142 e. The number of hydrogen-bond acceptors (Lipinski definition) is 2. The van der Waals surface area contributed by atoms with Crippen molar-refractivity contribution in [3.05, 3.63) is 71.4 Å². The zero-order valence-corrected chi connectivity index (χ0v) is 20.1. The summed E-state index contributed by atoms with van der Waals surface area (Å²) < 4.78 is 6.69. The predicted molar refractivity (Wildman–Crippen MR) is 134 cm³/mol. The quantitative estimate of drug-likeness (QED) is 0.266. The number of fused-ring (bicyclic) bond motifs is 4. The van der Waals surface area contributed by atoms with Crippen molar-refractivity contribution in [2.75, 3.05) is 0 Å².